The van der Waals surface area contributed by atoms with E-state index in [1.165, 1.54) is 0 Å². The van der Waals surface area contributed by atoms with E-state index in [9.17, 15) is 0 Å². The van der Waals surface area contributed by atoms with Gasteiger partial charge in [0.25, 0.3) is 0 Å². The number of epoxide rings is 1. The molecular weight excluding hydrogens is 484 g/mol. The Labute approximate surface area is 224 Å². The first-order valence-corrected chi connectivity index (χ1v) is 13.1. The number of methoxy groups -OCH3 is 2. The van der Waals surface area contributed by atoms with E-state index in [4.69, 9.17) is 33.2 Å². The molecule has 0 saturated carbocycles. The molecule has 0 radical (unpaired) electrons. The van der Waals surface area contributed by atoms with Gasteiger partial charge in [0.05, 0.1) is 33.0 Å². The van der Waals surface area contributed by atoms with Crippen molar-refractivity contribution in [2.75, 3.05) is 14.2 Å². The molecule has 3 aromatic carbocycles. The maximum atomic E-state index is 6.60. The van der Waals surface area contributed by atoms with Crippen LogP contribution in [0.15, 0.2) is 84.9 Å². The highest BCUT2D eigenvalue weighted by Gasteiger charge is 2.56. The Bertz CT molecular complexity index is 1110. The van der Waals surface area contributed by atoms with Crippen LogP contribution in [-0.2, 0) is 48.2 Å². The second-order valence-corrected chi connectivity index (χ2v) is 9.66. The van der Waals surface area contributed by atoms with Crippen molar-refractivity contribution < 1.29 is 33.2 Å². The summed E-state index contributed by atoms with van der Waals surface area (Å²) in [6, 6.07) is 28.0. The molecule has 0 unspecified atom stereocenters. The minimum absolute atomic E-state index is 0.0705. The zero-order valence-corrected chi connectivity index (χ0v) is 22.1. The second kappa shape index (κ2) is 12.8. The average Bonchev–Trinajstić information content (AvgIpc) is 3.71. The highest BCUT2D eigenvalue weighted by atomic mass is 16.7. The number of hydrogen-bond donors (Lipinski definition) is 0. The summed E-state index contributed by atoms with van der Waals surface area (Å²) >= 11 is 0. The number of ether oxygens (including phenoxy) is 7. The maximum Gasteiger partial charge on any atom is 0.186 e. The van der Waals surface area contributed by atoms with E-state index < -0.39 is 24.6 Å². The number of rotatable bonds is 12. The molecular formula is C31H36O7. The molecule has 2 aliphatic heterocycles. The van der Waals surface area contributed by atoms with Crippen LogP contribution >= 0.6 is 0 Å². The number of hydrogen-bond acceptors (Lipinski definition) is 7. The van der Waals surface area contributed by atoms with Gasteiger partial charge in [0.1, 0.15) is 36.3 Å². The molecule has 0 bridgehead atoms. The van der Waals surface area contributed by atoms with E-state index >= 15 is 0 Å². The third-order valence-electron chi connectivity index (χ3n) is 7.02. The second-order valence-electron chi connectivity index (χ2n) is 9.66. The van der Waals surface area contributed by atoms with Gasteiger partial charge < -0.3 is 33.2 Å². The quantitative estimate of drug-likeness (QED) is 0.314. The predicted molar refractivity (Wildman–Crippen MR) is 142 cm³/mol. The molecule has 2 fully saturated rings. The van der Waals surface area contributed by atoms with Crippen molar-refractivity contribution in [1.29, 1.82) is 0 Å². The summed E-state index contributed by atoms with van der Waals surface area (Å²) in [5.41, 5.74) is 3.14. The van der Waals surface area contributed by atoms with Crippen molar-refractivity contribution in [1.82, 2.24) is 0 Å². The van der Waals surface area contributed by atoms with Crippen LogP contribution in [0.2, 0.25) is 0 Å². The zero-order chi connectivity index (χ0) is 26.3. The van der Waals surface area contributed by atoms with Crippen LogP contribution in [-0.4, -0.2) is 57.1 Å². The summed E-state index contributed by atoms with van der Waals surface area (Å²) in [5, 5.41) is 0. The first kappa shape index (κ1) is 26.8. The van der Waals surface area contributed by atoms with Crippen LogP contribution in [0.4, 0.5) is 0 Å². The summed E-state index contributed by atoms with van der Waals surface area (Å²) in [6.45, 7) is 3.22. The van der Waals surface area contributed by atoms with E-state index in [-0.39, 0.29) is 18.3 Å². The summed E-state index contributed by atoms with van der Waals surface area (Å²) in [6.07, 6.45) is -2.46. The van der Waals surface area contributed by atoms with Crippen LogP contribution in [0.5, 0.6) is 5.75 Å². The lowest BCUT2D eigenvalue weighted by Crippen LogP contribution is -2.62. The normalized spacial score (nSPS) is 28.7. The molecule has 0 amide bonds. The largest absolute Gasteiger partial charge is 0.497 e. The van der Waals surface area contributed by atoms with Gasteiger partial charge in [-0.1, -0.05) is 72.8 Å². The van der Waals surface area contributed by atoms with Crippen molar-refractivity contribution in [3.8, 4) is 5.75 Å². The van der Waals surface area contributed by atoms with Crippen molar-refractivity contribution in [3.05, 3.63) is 102 Å². The fourth-order valence-electron chi connectivity index (χ4n) is 4.84. The van der Waals surface area contributed by atoms with Gasteiger partial charge in [-0.15, -0.1) is 0 Å². The summed E-state index contributed by atoms with van der Waals surface area (Å²) < 4.78 is 43.0. The van der Waals surface area contributed by atoms with Gasteiger partial charge in [0.2, 0.25) is 0 Å². The third kappa shape index (κ3) is 6.61. The SMILES string of the molecule is COc1ccc(CO[C@H]2[C@H](OCc3ccccc3)[C@@H](OCc3ccccc3)[C@@H](OC)O[C@@H]2[C@@H]2O[C@H]2C)cc1. The van der Waals surface area contributed by atoms with Gasteiger partial charge in [-0.05, 0) is 35.7 Å². The van der Waals surface area contributed by atoms with E-state index in [1.807, 2.05) is 91.9 Å². The Balaban J connectivity index is 1.40. The van der Waals surface area contributed by atoms with Crippen LogP contribution in [0.25, 0.3) is 0 Å². The molecule has 2 aliphatic rings. The molecule has 0 N–H and O–H groups in total. The van der Waals surface area contributed by atoms with Crippen molar-refractivity contribution in [2.24, 2.45) is 0 Å². The molecule has 0 aliphatic carbocycles. The minimum atomic E-state index is -0.637. The van der Waals surface area contributed by atoms with E-state index in [0.717, 1.165) is 22.4 Å². The summed E-state index contributed by atoms with van der Waals surface area (Å²) in [4.78, 5) is 0. The Morgan fingerprint density at radius 3 is 1.58 bits per heavy atom. The lowest BCUT2D eigenvalue weighted by molar-refractivity contribution is -0.320. The zero-order valence-electron chi connectivity index (χ0n) is 22.1. The molecule has 0 aromatic heterocycles. The van der Waals surface area contributed by atoms with E-state index in [2.05, 4.69) is 0 Å². The van der Waals surface area contributed by atoms with Crippen LogP contribution in [0.1, 0.15) is 23.6 Å². The summed E-state index contributed by atoms with van der Waals surface area (Å²) in [5.74, 6) is 0.800. The van der Waals surface area contributed by atoms with E-state index in [0.29, 0.717) is 19.8 Å². The molecule has 3 aromatic rings. The maximum absolute atomic E-state index is 6.60. The average molecular weight is 521 g/mol. The predicted octanol–water partition coefficient (Wildman–Crippen LogP) is 4.91. The molecule has 7 atom stereocenters. The van der Waals surface area contributed by atoms with Gasteiger partial charge in [0, 0.05) is 7.11 Å². The van der Waals surface area contributed by atoms with Gasteiger partial charge in [-0.2, -0.15) is 0 Å². The van der Waals surface area contributed by atoms with Crippen molar-refractivity contribution in [2.45, 2.75) is 69.7 Å². The molecule has 202 valence electrons. The van der Waals surface area contributed by atoms with Crippen molar-refractivity contribution in [3.63, 3.8) is 0 Å². The molecule has 2 heterocycles. The summed E-state index contributed by atoms with van der Waals surface area (Å²) in [7, 11) is 3.29. The Hall–Kier alpha value is -2.78. The highest BCUT2D eigenvalue weighted by Crippen LogP contribution is 2.38. The molecule has 5 rings (SSSR count). The van der Waals surface area contributed by atoms with Crippen LogP contribution < -0.4 is 4.74 Å². The Kier molecular flexibility index (Phi) is 9.06. The minimum Gasteiger partial charge on any atom is -0.497 e. The number of benzene rings is 3. The lowest BCUT2D eigenvalue weighted by atomic mass is 9.94. The molecule has 0 spiro atoms. The first-order chi connectivity index (χ1) is 18.7. The highest BCUT2D eigenvalue weighted by molar-refractivity contribution is 5.26. The Morgan fingerprint density at radius 2 is 1.08 bits per heavy atom. The first-order valence-electron chi connectivity index (χ1n) is 13.1. The van der Waals surface area contributed by atoms with Gasteiger partial charge in [-0.3, -0.25) is 0 Å². The smallest absolute Gasteiger partial charge is 0.186 e. The fourth-order valence-corrected chi connectivity index (χ4v) is 4.84. The fraction of sp³-hybridized carbons (Fsp3) is 0.419. The van der Waals surface area contributed by atoms with Crippen LogP contribution in [0.3, 0.4) is 0 Å². The Morgan fingerprint density at radius 1 is 0.579 bits per heavy atom. The van der Waals surface area contributed by atoms with E-state index in [1.54, 1.807) is 14.2 Å². The molecule has 7 heteroatoms. The monoisotopic (exact) mass is 520 g/mol. The molecule has 2 saturated heterocycles. The van der Waals surface area contributed by atoms with Gasteiger partial charge in [0.15, 0.2) is 6.29 Å². The molecule has 7 nitrogen and oxygen atoms in total. The topological polar surface area (TPSA) is 67.9 Å². The van der Waals surface area contributed by atoms with Gasteiger partial charge >= 0.3 is 0 Å². The molecule has 38 heavy (non-hydrogen) atoms. The third-order valence-corrected chi connectivity index (χ3v) is 7.02. The van der Waals surface area contributed by atoms with Crippen molar-refractivity contribution >= 4 is 0 Å². The lowest BCUT2D eigenvalue weighted by Gasteiger charge is -2.45. The van der Waals surface area contributed by atoms with Gasteiger partial charge in [-0.25, -0.2) is 0 Å². The standard InChI is InChI=1S/C31H36O7/c1-21-26(37-21)29-27(34-20-24-14-16-25(32-2)17-15-24)28(35-18-22-10-6-4-7-11-22)30(31(33-3)38-29)36-19-23-12-8-5-9-13-23/h4-17,21,26-31H,18-20H2,1-3H3/t21-,26+,27-,28-,29+,30+,31-/m0/s1. The van der Waals surface area contributed by atoms with Crippen LogP contribution in [0, 0.1) is 0 Å².